The first-order chi connectivity index (χ1) is 9.52. The first-order valence-electron chi connectivity index (χ1n) is 6.49. The molecule has 1 aromatic carbocycles. The summed E-state index contributed by atoms with van der Waals surface area (Å²) >= 11 is 6.11. The third-order valence-corrected chi connectivity index (χ3v) is 3.71. The first kappa shape index (κ1) is 13.0. The summed E-state index contributed by atoms with van der Waals surface area (Å²) < 4.78 is 3.72. The lowest BCUT2D eigenvalue weighted by Gasteiger charge is -2.10. The summed E-state index contributed by atoms with van der Waals surface area (Å²) in [6.45, 7) is 4.08. The Balaban J connectivity index is 2.39. The van der Waals surface area contributed by atoms with Gasteiger partial charge in [0, 0.05) is 12.1 Å². The van der Waals surface area contributed by atoms with Crippen molar-refractivity contribution in [3.05, 3.63) is 34.5 Å². The van der Waals surface area contributed by atoms with Crippen LogP contribution in [0.1, 0.15) is 18.2 Å². The molecule has 3 aromatic rings. The molecular weight excluding hydrogens is 274 g/mol. The molecule has 6 heteroatoms. The van der Waals surface area contributed by atoms with Crippen molar-refractivity contribution in [3.63, 3.8) is 0 Å². The number of anilines is 1. The van der Waals surface area contributed by atoms with Crippen molar-refractivity contribution >= 4 is 28.7 Å². The summed E-state index contributed by atoms with van der Waals surface area (Å²) in [6.07, 6.45) is 0.822. The van der Waals surface area contributed by atoms with Gasteiger partial charge in [-0.1, -0.05) is 24.6 Å². The van der Waals surface area contributed by atoms with E-state index in [1.54, 1.807) is 0 Å². The van der Waals surface area contributed by atoms with Crippen LogP contribution in [0.5, 0.6) is 0 Å². The Hall–Kier alpha value is -2.01. The maximum atomic E-state index is 6.11. The summed E-state index contributed by atoms with van der Waals surface area (Å²) in [4.78, 5) is 4.47. The Labute approximate surface area is 122 Å². The maximum absolute atomic E-state index is 6.11. The lowest BCUT2D eigenvalue weighted by molar-refractivity contribution is 0.751. The average molecular weight is 290 g/mol. The molecule has 2 N–H and O–H groups in total. The van der Waals surface area contributed by atoms with E-state index in [9.17, 15) is 0 Å². The number of nitrogen functional groups attached to an aromatic ring is 1. The standard InChI is InChI=1S/C14H16ClN5/c1-4-10-12-13(19(3)18-10)20(14(16)17-12)11-7-9(15)6-5-8(11)2/h5-7H,4H2,1-3H3,(H2,16,17). The Morgan fingerprint density at radius 1 is 1.35 bits per heavy atom. The minimum absolute atomic E-state index is 0.452. The highest BCUT2D eigenvalue weighted by atomic mass is 35.5. The highest BCUT2D eigenvalue weighted by Gasteiger charge is 2.19. The number of fused-ring (bicyclic) bond motifs is 1. The van der Waals surface area contributed by atoms with Crippen molar-refractivity contribution in [2.24, 2.45) is 7.05 Å². The summed E-state index contributed by atoms with van der Waals surface area (Å²) in [5, 5.41) is 5.16. The van der Waals surface area contributed by atoms with E-state index in [0.717, 1.165) is 34.5 Å². The Morgan fingerprint density at radius 2 is 2.10 bits per heavy atom. The van der Waals surface area contributed by atoms with Crippen LogP contribution in [0, 0.1) is 6.92 Å². The van der Waals surface area contributed by atoms with Crippen LogP contribution in [0.25, 0.3) is 16.9 Å². The average Bonchev–Trinajstić information content (AvgIpc) is 2.90. The van der Waals surface area contributed by atoms with Crippen molar-refractivity contribution in [1.29, 1.82) is 0 Å². The van der Waals surface area contributed by atoms with Crippen LogP contribution in [0.3, 0.4) is 0 Å². The molecule has 0 aliphatic heterocycles. The van der Waals surface area contributed by atoms with Crippen molar-refractivity contribution in [1.82, 2.24) is 19.3 Å². The van der Waals surface area contributed by atoms with E-state index in [1.165, 1.54) is 0 Å². The number of benzene rings is 1. The molecule has 0 unspecified atom stereocenters. The number of hydrogen-bond donors (Lipinski definition) is 1. The van der Waals surface area contributed by atoms with Crippen LogP contribution in [-0.4, -0.2) is 19.3 Å². The fraction of sp³-hybridized carbons (Fsp3) is 0.286. The van der Waals surface area contributed by atoms with Gasteiger partial charge in [-0.15, -0.1) is 0 Å². The molecule has 3 rings (SSSR count). The highest BCUT2D eigenvalue weighted by Crippen LogP contribution is 2.28. The second kappa shape index (κ2) is 4.52. The molecule has 0 aliphatic carbocycles. The number of nitrogens with zero attached hydrogens (tertiary/aromatic N) is 4. The number of aryl methyl sites for hydroxylation is 3. The zero-order chi connectivity index (χ0) is 14.4. The Bertz CT molecular complexity index is 800. The van der Waals surface area contributed by atoms with Crippen LogP contribution in [0.4, 0.5) is 5.95 Å². The molecular formula is C14H16ClN5. The predicted octanol–water partition coefficient (Wildman–Crippen LogP) is 2.87. The van der Waals surface area contributed by atoms with Crippen LogP contribution in [0.2, 0.25) is 5.02 Å². The molecule has 0 atom stereocenters. The molecule has 0 saturated heterocycles. The quantitative estimate of drug-likeness (QED) is 0.789. The topological polar surface area (TPSA) is 61.7 Å². The van der Waals surface area contributed by atoms with E-state index in [1.807, 2.05) is 41.4 Å². The molecule has 0 fully saturated rings. The largest absolute Gasteiger partial charge is 0.369 e. The van der Waals surface area contributed by atoms with Gasteiger partial charge in [-0.05, 0) is 31.0 Å². The van der Waals surface area contributed by atoms with Gasteiger partial charge in [-0.25, -0.2) is 9.67 Å². The molecule has 0 amide bonds. The minimum atomic E-state index is 0.452. The number of nitrogens with two attached hydrogens (primary N) is 1. The second-order valence-electron chi connectivity index (χ2n) is 4.83. The van der Waals surface area contributed by atoms with Crippen LogP contribution >= 0.6 is 11.6 Å². The van der Waals surface area contributed by atoms with Crippen molar-refractivity contribution in [2.75, 3.05) is 5.73 Å². The second-order valence-corrected chi connectivity index (χ2v) is 5.27. The predicted molar refractivity (Wildman–Crippen MR) is 81.4 cm³/mol. The molecule has 0 aliphatic rings. The molecule has 0 spiro atoms. The van der Waals surface area contributed by atoms with E-state index < -0.39 is 0 Å². The number of imidazole rings is 1. The smallest absolute Gasteiger partial charge is 0.207 e. The molecule has 2 heterocycles. The number of aromatic nitrogens is 4. The molecule has 0 radical (unpaired) electrons. The molecule has 104 valence electrons. The lowest BCUT2D eigenvalue weighted by Crippen LogP contribution is -2.06. The molecule has 0 bridgehead atoms. The van der Waals surface area contributed by atoms with Crippen LogP contribution in [-0.2, 0) is 13.5 Å². The zero-order valence-corrected chi connectivity index (χ0v) is 12.4. The van der Waals surface area contributed by atoms with Crippen molar-refractivity contribution in [2.45, 2.75) is 20.3 Å². The third kappa shape index (κ3) is 1.78. The SMILES string of the molecule is CCc1nn(C)c2c1nc(N)n2-c1cc(Cl)ccc1C. The van der Waals surface area contributed by atoms with Gasteiger partial charge >= 0.3 is 0 Å². The fourth-order valence-electron chi connectivity index (χ4n) is 2.50. The number of rotatable bonds is 2. The fourth-order valence-corrected chi connectivity index (χ4v) is 2.66. The summed E-state index contributed by atoms with van der Waals surface area (Å²) in [6, 6.07) is 5.73. The molecule has 0 saturated carbocycles. The maximum Gasteiger partial charge on any atom is 0.207 e. The van der Waals surface area contributed by atoms with E-state index in [2.05, 4.69) is 17.0 Å². The van der Waals surface area contributed by atoms with Gasteiger partial charge in [0.1, 0.15) is 5.52 Å². The van der Waals surface area contributed by atoms with E-state index in [0.29, 0.717) is 11.0 Å². The van der Waals surface area contributed by atoms with Gasteiger partial charge < -0.3 is 5.73 Å². The number of hydrogen-bond acceptors (Lipinski definition) is 3. The van der Waals surface area contributed by atoms with Crippen LogP contribution < -0.4 is 5.73 Å². The Morgan fingerprint density at radius 3 is 2.80 bits per heavy atom. The van der Waals surface area contributed by atoms with Gasteiger partial charge in [-0.2, -0.15) is 5.10 Å². The van der Waals surface area contributed by atoms with Crippen LogP contribution in [0.15, 0.2) is 18.2 Å². The van der Waals surface area contributed by atoms with Gasteiger partial charge in [0.2, 0.25) is 5.95 Å². The van der Waals surface area contributed by atoms with Crippen molar-refractivity contribution < 1.29 is 0 Å². The summed E-state index contributed by atoms with van der Waals surface area (Å²) in [5.74, 6) is 0.452. The summed E-state index contributed by atoms with van der Waals surface area (Å²) in [5.41, 5.74) is 10.8. The Kier molecular flexibility index (Phi) is 2.94. The molecule has 2 aromatic heterocycles. The van der Waals surface area contributed by atoms with E-state index in [4.69, 9.17) is 17.3 Å². The zero-order valence-electron chi connectivity index (χ0n) is 11.7. The minimum Gasteiger partial charge on any atom is -0.369 e. The monoisotopic (exact) mass is 289 g/mol. The lowest BCUT2D eigenvalue weighted by atomic mass is 10.2. The number of halogens is 1. The molecule has 5 nitrogen and oxygen atoms in total. The third-order valence-electron chi connectivity index (χ3n) is 3.48. The highest BCUT2D eigenvalue weighted by molar-refractivity contribution is 6.30. The van der Waals surface area contributed by atoms with Crippen molar-refractivity contribution in [3.8, 4) is 5.69 Å². The summed E-state index contributed by atoms with van der Waals surface area (Å²) in [7, 11) is 1.90. The van der Waals surface area contributed by atoms with Gasteiger partial charge in [0.15, 0.2) is 5.65 Å². The van der Waals surface area contributed by atoms with E-state index in [-0.39, 0.29) is 0 Å². The first-order valence-corrected chi connectivity index (χ1v) is 6.87. The van der Waals surface area contributed by atoms with Gasteiger partial charge in [0.25, 0.3) is 0 Å². The van der Waals surface area contributed by atoms with E-state index >= 15 is 0 Å². The normalized spacial score (nSPS) is 11.4. The molecule has 20 heavy (non-hydrogen) atoms. The van der Waals surface area contributed by atoms with Gasteiger partial charge in [-0.3, -0.25) is 4.57 Å². The van der Waals surface area contributed by atoms with Gasteiger partial charge in [0.05, 0.1) is 11.4 Å².